The number of hydrogen-bond acceptors (Lipinski definition) is 3. The van der Waals surface area contributed by atoms with Crippen LogP contribution in [-0.2, 0) is 4.79 Å². The Morgan fingerprint density at radius 1 is 1.50 bits per heavy atom. The topological polar surface area (TPSA) is 61.4 Å². The third kappa shape index (κ3) is 3.02. The molecule has 1 heterocycles. The summed E-state index contributed by atoms with van der Waals surface area (Å²) in [5.41, 5.74) is 1.02. The summed E-state index contributed by atoms with van der Waals surface area (Å²) >= 11 is 0. The van der Waals surface area contributed by atoms with Crippen molar-refractivity contribution in [2.24, 2.45) is 0 Å². The zero-order valence-electron chi connectivity index (χ0n) is 12.3. The van der Waals surface area contributed by atoms with Gasteiger partial charge in [0.05, 0.1) is 11.6 Å². The monoisotopic (exact) mass is 276 g/mol. The summed E-state index contributed by atoms with van der Waals surface area (Å²) in [5, 5.41) is 16.1. The lowest BCUT2D eigenvalue weighted by atomic mass is 9.90. The minimum absolute atomic E-state index is 0.0185. The number of carbonyl (C=O) groups is 1. The number of nitrogens with one attached hydrogen (secondary N) is 2. The van der Waals surface area contributed by atoms with E-state index in [-0.39, 0.29) is 5.91 Å². The maximum absolute atomic E-state index is 12.6. The summed E-state index contributed by atoms with van der Waals surface area (Å²) in [5.74, 6) is 0.0185. The van der Waals surface area contributed by atoms with E-state index in [4.69, 9.17) is 0 Å². The van der Waals surface area contributed by atoms with Gasteiger partial charge in [-0.25, -0.2) is 0 Å². The van der Waals surface area contributed by atoms with Gasteiger partial charge >= 0.3 is 0 Å². The largest absolute Gasteiger partial charge is 0.389 e. The highest BCUT2D eigenvalue weighted by atomic mass is 16.3. The predicted molar refractivity (Wildman–Crippen MR) is 80.6 cm³/mol. The molecule has 3 N–H and O–H groups in total. The fraction of sp³-hybridized carbons (Fsp3) is 0.562. The van der Waals surface area contributed by atoms with Crippen molar-refractivity contribution in [1.29, 1.82) is 0 Å². The Morgan fingerprint density at radius 3 is 2.85 bits per heavy atom. The molecule has 0 bridgehead atoms. The lowest BCUT2D eigenvalue weighted by Crippen LogP contribution is -2.50. The zero-order valence-corrected chi connectivity index (χ0v) is 12.3. The number of aliphatic hydroxyl groups excluding tert-OH is 1. The minimum atomic E-state index is -0.592. The van der Waals surface area contributed by atoms with Crippen LogP contribution in [-0.4, -0.2) is 23.1 Å². The SMILES string of the molecule is CCCC1(C(=O)Nc2ccccc2C(C)O)CCCN1. The summed E-state index contributed by atoms with van der Waals surface area (Å²) < 4.78 is 0. The molecule has 1 saturated heterocycles. The van der Waals surface area contributed by atoms with Gasteiger partial charge < -0.3 is 15.7 Å². The third-order valence-electron chi connectivity index (χ3n) is 4.01. The van der Waals surface area contributed by atoms with E-state index in [2.05, 4.69) is 17.6 Å². The molecule has 4 nitrogen and oxygen atoms in total. The number of rotatable bonds is 5. The van der Waals surface area contributed by atoms with Crippen molar-refractivity contribution in [3.8, 4) is 0 Å². The second-order valence-electron chi connectivity index (χ2n) is 5.58. The van der Waals surface area contributed by atoms with E-state index in [1.807, 2.05) is 24.3 Å². The lowest BCUT2D eigenvalue weighted by Gasteiger charge is -2.28. The van der Waals surface area contributed by atoms with Crippen molar-refractivity contribution >= 4 is 11.6 Å². The van der Waals surface area contributed by atoms with E-state index in [1.54, 1.807) is 6.92 Å². The van der Waals surface area contributed by atoms with Crippen molar-refractivity contribution < 1.29 is 9.90 Å². The molecule has 2 unspecified atom stereocenters. The molecule has 2 atom stereocenters. The Hall–Kier alpha value is -1.39. The van der Waals surface area contributed by atoms with E-state index >= 15 is 0 Å². The molecule has 1 aromatic carbocycles. The van der Waals surface area contributed by atoms with Crippen molar-refractivity contribution in [2.75, 3.05) is 11.9 Å². The number of hydrogen-bond donors (Lipinski definition) is 3. The quantitative estimate of drug-likeness (QED) is 0.774. The van der Waals surface area contributed by atoms with Crippen LogP contribution in [0.2, 0.25) is 0 Å². The fourth-order valence-corrected chi connectivity index (χ4v) is 2.97. The molecule has 2 rings (SSSR count). The molecule has 1 aromatic rings. The number of benzene rings is 1. The Labute approximate surface area is 120 Å². The van der Waals surface area contributed by atoms with Crippen LogP contribution < -0.4 is 10.6 Å². The van der Waals surface area contributed by atoms with E-state index in [0.717, 1.165) is 37.8 Å². The molecule has 1 fully saturated rings. The van der Waals surface area contributed by atoms with Crippen LogP contribution in [0.1, 0.15) is 51.2 Å². The highest BCUT2D eigenvalue weighted by Gasteiger charge is 2.40. The van der Waals surface area contributed by atoms with Crippen LogP contribution in [0.3, 0.4) is 0 Å². The van der Waals surface area contributed by atoms with E-state index < -0.39 is 11.6 Å². The molecular weight excluding hydrogens is 252 g/mol. The standard InChI is InChI=1S/C16H24N2O2/c1-3-9-16(10-6-11-17-16)15(20)18-14-8-5-4-7-13(14)12(2)19/h4-5,7-8,12,17,19H,3,6,9-11H2,1-2H3,(H,18,20). The zero-order chi connectivity index (χ0) is 14.6. The van der Waals surface area contributed by atoms with Crippen molar-refractivity contribution in [1.82, 2.24) is 5.32 Å². The highest BCUT2D eigenvalue weighted by molar-refractivity contribution is 5.99. The Kier molecular flexibility index (Phi) is 4.78. The minimum Gasteiger partial charge on any atom is -0.389 e. The predicted octanol–water partition coefficient (Wildman–Crippen LogP) is 2.60. The smallest absolute Gasteiger partial charge is 0.244 e. The van der Waals surface area contributed by atoms with Crippen LogP contribution in [0.4, 0.5) is 5.69 Å². The first-order valence-corrected chi connectivity index (χ1v) is 7.42. The van der Waals surface area contributed by atoms with Crippen LogP contribution in [0.25, 0.3) is 0 Å². The molecule has 1 aliphatic heterocycles. The Morgan fingerprint density at radius 2 is 2.25 bits per heavy atom. The fourth-order valence-electron chi connectivity index (χ4n) is 2.97. The van der Waals surface area contributed by atoms with Crippen molar-refractivity contribution in [2.45, 2.75) is 51.2 Å². The van der Waals surface area contributed by atoms with Gasteiger partial charge in [-0.2, -0.15) is 0 Å². The molecule has 110 valence electrons. The molecule has 0 radical (unpaired) electrons. The number of amides is 1. The molecule has 20 heavy (non-hydrogen) atoms. The first-order chi connectivity index (χ1) is 9.59. The van der Waals surface area contributed by atoms with Crippen molar-refractivity contribution in [3.05, 3.63) is 29.8 Å². The summed E-state index contributed by atoms with van der Waals surface area (Å²) in [6, 6.07) is 7.42. The highest BCUT2D eigenvalue weighted by Crippen LogP contribution is 2.28. The molecule has 1 amide bonds. The van der Waals surface area contributed by atoms with Gasteiger partial charge in [0.2, 0.25) is 5.91 Å². The maximum Gasteiger partial charge on any atom is 0.244 e. The average molecular weight is 276 g/mol. The van der Waals surface area contributed by atoms with Crippen molar-refractivity contribution in [3.63, 3.8) is 0 Å². The van der Waals surface area contributed by atoms with Gasteiger partial charge in [-0.3, -0.25) is 4.79 Å². The molecular formula is C16H24N2O2. The average Bonchev–Trinajstić information content (AvgIpc) is 2.89. The van der Waals surface area contributed by atoms with E-state index in [1.165, 1.54) is 0 Å². The van der Waals surface area contributed by atoms with Gasteiger partial charge in [0, 0.05) is 11.3 Å². The number of aliphatic hydroxyl groups is 1. The van der Waals surface area contributed by atoms with Crippen LogP contribution in [0.15, 0.2) is 24.3 Å². The summed E-state index contributed by atoms with van der Waals surface area (Å²) in [4.78, 5) is 12.6. The molecule has 0 saturated carbocycles. The molecule has 4 heteroatoms. The molecule has 0 spiro atoms. The second kappa shape index (κ2) is 6.37. The first-order valence-electron chi connectivity index (χ1n) is 7.42. The maximum atomic E-state index is 12.6. The number of anilines is 1. The lowest BCUT2D eigenvalue weighted by molar-refractivity contribution is -0.122. The Balaban J connectivity index is 2.18. The van der Waals surface area contributed by atoms with Gasteiger partial charge in [0.15, 0.2) is 0 Å². The van der Waals surface area contributed by atoms with Gasteiger partial charge in [0.1, 0.15) is 0 Å². The number of carbonyl (C=O) groups excluding carboxylic acids is 1. The van der Waals surface area contributed by atoms with E-state index in [9.17, 15) is 9.90 Å². The van der Waals surface area contributed by atoms with E-state index in [0.29, 0.717) is 5.69 Å². The van der Waals surface area contributed by atoms with Gasteiger partial charge in [-0.05, 0) is 38.8 Å². The number of para-hydroxylation sites is 1. The van der Waals surface area contributed by atoms with Gasteiger partial charge in [-0.1, -0.05) is 31.5 Å². The molecule has 0 aromatic heterocycles. The normalized spacial score (nSPS) is 23.6. The summed E-state index contributed by atoms with van der Waals surface area (Å²) in [6.45, 7) is 4.70. The Bertz CT molecular complexity index is 465. The summed E-state index contributed by atoms with van der Waals surface area (Å²) in [6.07, 6.45) is 3.13. The van der Waals surface area contributed by atoms with Crippen LogP contribution in [0, 0.1) is 0 Å². The second-order valence-corrected chi connectivity index (χ2v) is 5.58. The molecule has 1 aliphatic rings. The first kappa shape index (κ1) is 15.0. The van der Waals surface area contributed by atoms with Gasteiger partial charge in [-0.15, -0.1) is 0 Å². The molecule has 0 aliphatic carbocycles. The van der Waals surface area contributed by atoms with Crippen LogP contribution in [0.5, 0.6) is 0 Å². The van der Waals surface area contributed by atoms with Gasteiger partial charge in [0.25, 0.3) is 0 Å². The third-order valence-corrected chi connectivity index (χ3v) is 4.01. The van der Waals surface area contributed by atoms with Crippen LogP contribution >= 0.6 is 0 Å². The summed E-state index contributed by atoms with van der Waals surface area (Å²) in [7, 11) is 0.